The van der Waals surface area contributed by atoms with E-state index in [9.17, 15) is 9.59 Å². The van der Waals surface area contributed by atoms with Gasteiger partial charge in [-0.3, -0.25) is 14.5 Å². The summed E-state index contributed by atoms with van der Waals surface area (Å²) in [6.07, 6.45) is 3.34. The molecule has 1 saturated heterocycles. The topological polar surface area (TPSA) is 52.7 Å². The van der Waals surface area contributed by atoms with Crippen LogP contribution in [-0.2, 0) is 11.2 Å². The Morgan fingerprint density at radius 3 is 2.35 bits per heavy atom. The summed E-state index contributed by atoms with van der Waals surface area (Å²) in [4.78, 5) is 29.5. The van der Waals surface area contributed by atoms with E-state index < -0.39 is 0 Å². The summed E-state index contributed by atoms with van der Waals surface area (Å²) in [6.45, 7) is 9.12. The summed E-state index contributed by atoms with van der Waals surface area (Å²) < 4.78 is 0. The van der Waals surface area contributed by atoms with Crippen molar-refractivity contribution in [1.82, 2.24) is 9.80 Å². The predicted molar refractivity (Wildman–Crippen MR) is 126 cm³/mol. The number of hydrogen-bond acceptors (Lipinski definition) is 3. The Kier molecular flexibility index (Phi) is 8.24. The maximum atomic E-state index is 12.9. The maximum Gasteiger partial charge on any atom is 0.253 e. The largest absolute Gasteiger partial charge is 0.339 e. The van der Waals surface area contributed by atoms with Gasteiger partial charge in [-0.1, -0.05) is 36.4 Å². The van der Waals surface area contributed by atoms with Gasteiger partial charge in [-0.2, -0.15) is 0 Å². The highest BCUT2D eigenvalue weighted by Crippen LogP contribution is 2.23. The van der Waals surface area contributed by atoms with Gasteiger partial charge >= 0.3 is 0 Å². The minimum absolute atomic E-state index is 0.00497. The average Bonchev–Trinajstić information content (AvgIpc) is 2.80. The minimum atomic E-state index is -0.195. The number of piperidine rings is 1. The number of amides is 2. The van der Waals surface area contributed by atoms with Crippen LogP contribution in [0, 0.1) is 5.92 Å². The molecule has 2 aromatic carbocycles. The van der Waals surface area contributed by atoms with Gasteiger partial charge in [0.1, 0.15) is 0 Å². The molecule has 1 unspecified atom stereocenters. The molecule has 1 fully saturated rings. The summed E-state index contributed by atoms with van der Waals surface area (Å²) in [5.74, 6) is 0.653. The lowest BCUT2D eigenvalue weighted by atomic mass is 9.89. The monoisotopic (exact) mass is 421 g/mol. The average molecular weight is 422 g/mol. The van der Waals surface area contributed by atoms with E-state index in [0.717, 1.165) is 32.4 Å². The lowest BCUT2D eigenvalue weighted by Crippen LogP contribution is -2.46. The molecule has 0 radical (unpaired) electrons. The van der Waals surface area contributed by atoms with E-state index in [0.29, 0.717) is 30.3 Å². The molecule has 0 aliphatic carbocycles. The molecule has 1 heterocycles. The number of nitrogens with one attached hydrogen (secondary N) is 1. The van der Waals surface area contributed by atoms with Gasteiger partial charge < -0.3 is 10.2 Å². The third-order valence-electron chi connectivity index (χ3n) is 6.37. The summed E-state index contributed by atoms with van der Waals surface area (Å²) in [7, 11) is 0. The second kappa shape index (κ2) is 11.1. The Hall–Kier alpha value is -2.66. The van der Waals surface area contributed by atoms with Crippen LogP contribution in [0.5, 0.6) is 0 Å². The normalized spacial score (nSPS) is 16.0. The fourth-order valence-electron chi connectivity index (χ4n) is 4.33. The molecule has 0 aromatic heterocycles. The molecule has 166 valence electrons. The number of nitrogens with zero attached hydrogens (tertiary/aromatic N) is 2. The molecule has 1 aliphatic heterocycles. The zero-order valence-electron chi connectivity index (χ0n) is 19.0. The van der Waals surface area contributed by atoms with Gasteiger partial charge in [-0.25, -0.2) is 0 Å². The van der Waals surface area contributed by atoms with Crippen LogP contribution in [0.3, 0.4) is 0 Å². The first kappa shape index (κ1) is 23.0. The summed E-state index contributed by atoms with van der Waals surface area (Å²) in [5, 5.41) is 3.01. The number of anilines is 1. The fourth-order valence-corrected chi connectivity index (χ4v) is 4.33. The van der Waals surface area contributed by atoms with Crippen molar-refractivity contribution >= 4 is 17.5 Å². The number of carbonyl (C=O) groups is 2. The molecule has 2 amide bonds. The van der Waals surface area contributed by atoms with Crippen molar-refractivity contribution in [3.63, 3.8) is 0 Å². The van der Waals surface area contributed by atoms with Gasteiger partial charge in [-0.15, -0.1) is 0 Å². The molecular formula is C26H35N3O2. The zero-order chi connectivity index (χ0) is 22.2. The van der Waals surface area contributed by atoms with Gasteiger partial charge in [-0.05, 0) is 82.8 Å². The Bertz CT molecular complexity index is 856. The third kappa shape index (κ3) is 6.17. The molecule has 5 heteroatoms. The van der Waals surface area contributed by atoms with Crippen LogP contribution in [0.25, 0.3) is 0 Å². The number of likely N-dealkylation sites (tertiary alicyclic amines) is 1. The molecule has 1 atom stereocenters. The standard InChI is InChI=1S/C26H35N3O2/c1-4-28(5-2)26(31)23-12-9-13-24(19-23)27-25(30)20(3)29-16-14-22(15-17-29)18-21-10-7-6-8-11-21/h6-13,19-20,22H,4-5,14-18H2,1-3H3,(H,27,30). The van der Waals surface area contributed by atoms with E-state index in [1.807, 2.05) is 32.9 Å². The van der Waals surface area contributed by atoms with Gasteiger partial charge in [0.2, 0.25) is 5.91 Å². The van der Waals surface area contributed by atoms with Gasteiger partial charge in [0.25, 0.3) is 5.91 Å². The SMILES string of the molecule is CCN(CC)C(=O)c1cccc(NC(=O)C(C)N2CCC(Cc3ccccc3)CC2)c1. The van der Waals surface area contributed by atoms with Gasteiger partial charge in [0.05, 0.1) is 6.04 Å². The minimum Gasteiger partial charge on any atom is -0.339 e. The van der Waals surface area contributed by atoms with E-state index in [1.165, 1.54) is 5.56 Å². The first-order valence-corrected chi connectivity index (χ1v) is 11.5. The smallest absolute Gasteiger partial charge is 0.253 e. The van der Waals surface area contributed by atoms with E-state index in [4.69, 9.17) is 0 Å². The molecule has 0 spiro atoms. The molecule has 1 N–H and O–H groups in total. The van der Waals surface area contributed by atoms with Crippen LogP contribution in [0.4, 0.5) is 5.69 Å². The van der Waals surface area contributed by atoms with Crippen LogP contribution >= 0.6 is 0 Å². The molecule has 1 aliphatic rings. The fraction of sp³-hybridized carbons (Fsp3) is 0.462. The van der Waals surface area contributed by atoms with Crippen LogP contribution < -0.4 is 5.32 Å². The molecule has 31 heavy (non-hydrogen) atoms. The highest BCUT2D eigenvalue weighted by Gasteiger charge is 2.27. The van der Waals surface area contributed by atoms with E-state index in [-0.39, 0.29) is 17.9 Å². The van der Waals surface area contributed by atoms with Crippen molar-refractivity contribution < 1.29 is 9.59 Å². The highest BCUT2D eigenvalue weighted by atomic mass is 16.2. The predicted octanol–water partition coefficient (Wildman–Crippen LogP) is 4.45. The lowest BCUT2D eigenvalue weighted by molar-refractivity contribution is -0.121. The number of hydrogen-bond donors (Lipinski definition) is 1. The Morgan fingerprint density at radius 2 is 1.71 bits per heavy atom. The van der Waals surface area contributed by atoms with Crippen molar-refractivity contribution in [2.75, 3.05) is 31.5 Å². The van der Waals surface area contributed by atoms with Crippen LogP contribution in [-0.4, -0.2) is 53.8 Å². The summed E-state index contributed by atoms with van der Waals surface area (Å²) in [6, 6.07) is 17.7. The Labute approximate surface area is 186 Å². The molecular weight excluding hydrogens is 386 g/mol. The molecule has 3 rings (SSSR count). The second-order valence-corrected chi connectivity index (χ2v) is 8.39. The molecule has 0 bridgehead atoms. The van der Waals surface area contributed by atoms with Gasteiger partial charge in [0, 0.05) is 24.3 Å². The lowest BCUT2D eigenvalue weighted by Gasteiger charge is -2.35. The summed E-state index contributed by atoms with van der Waals surface area (Å²) >= 11 is 0. The van der Waals surface area contributed by atoms with Crippen molar-refractivity contribution in [3.05, 3.63) is 65.7 Å². The Morgan fingerprint density at radius 1 is 1.03 bits per heavy atom. The maximum absolute atomic E-state index is 12.9. The summed E-state index contributed by atoms with van der Waals surface area (Å²) in [5.41, 5.74) is 2.68. The van der Waals surface area contributed by atoms with E-state index in [1.54, 1.807) is 17.0 Å². The molecule has 0 saturated carbocycles. The number of carbonyl (C=O) groups excluding carboxylic acids is 2. The highest BCUT2D eigenvalue weighted by molar-refractivity contribution is 5.98. The first-order chi connectivity index (χ1) is 15.0. The van der Waals surface area contributed by atoms with Crippen molar-refractivity contribution in [3.8, 4) is 0 Å². The molecule has 5 nitrogen and oxygen atoms in total. The number of benzene rings is 2. The second-order valence-electron chi connectivity index (χ2n) is 8.39. The van der Waals surface area contributed by atoms with Crippen molar-refractivity contribution in [1.29, 1.82) is 0 Å². The van der Waals surface area contributed by atoms with Crippen LogP contribution in [0.15, 0.2) is 54.6 Å². The Balaban J connectivity index is 1.53. The number of rotatable bonds is 8. The van der Waals surface area contributed by atoms with Crippen molar-refractivity contribution in [2.45, 2.75) is 46.1 Å². The van der Waals surface area contributed by atoms with Crippen LogP contribution in [0.1, 0.15) is 49.5 Å². The van der Waals surface area contributed by atoms with E-state index in [2.05, 4.69) is 40.5 Å². The molecule has 2 aromatic rings. The van der Waals surface area contributed by atoms with Gasteiger partial charge in [0.15, 0.2) is 0 Å². The van der Waals surface area contributed by atoms with Crippen LogP contribution in [0.2, 0.25) is 0 Å². The quantitative estimate of drug-likeness (QED) is 0.685. The first-order valence-electron chi connectivity index (χ1n) is 11.5. The van der Waals surface area contributed by atoms with E-state index >= 15 is 0 Å². The third-order valence-corrected chi connectivity index (χ3v) is 6.37. The van der Waals surface area contributed by atoms with Crippen molar-refractivity contribution in [2.24, 2.45) is 5.92 Å². The zero-order valence-corrected chi connectivity index (χ0v) is 19.0.